The maximum absolute atomic E-state index is 13.3. The first-order valence-electron chi connectivity index (χ1n) is 11.9. The third kappa shape index (κ3) is 4.40. The summed E-state index contributed by atoms with van der Waals surface area (Å²) in [5.74, 6) is -0.543. The fraction of sp³-hybridized carbons (Fsp3) is 0.400. The van der Waals surface area contributed by atoms with Gasteiger partial charge < -0.3 is 14.6 Å². The maximum atomic E-state index is 13.3. The van der Waals surface area contributed by atoms with Crippen LogP contribution in [0.4, 0.5) is 5.00 Å². The second kappa shape index (κ2) is 9.94. The van der Waals surface area contributed by atoms with Crippen molar-refractivity contribution in [2.24, 2.45) is 7.05 Å². The molecule has 1 N–H and O–H groups in total. The second-order valence-corrected chi connectivity index (χ2v) is 10.8. The Morgan fingerprint density at radius 2 is 2.00 bits per heavy atom. The lowest BCUT2D eigenvalue weighted by atomic mass is 9.95. The van der Waals surface area contributed by atoms with Gasteiger partial charge in [0.25, 0.3) is 0 Å². The molecule has 1 aliphatic rings. The first-order chi connectivity index (χ1) is 17.0. The predicted octanol–water partition coefficient (Wildman–Crippen LogP) is 5.14. The molecule has 0 bridgehead atoms. The lowest BCUT2D eigenvalue weighted by Crippen LogP contribution is -2.25. The van der Waals surface area contributed by atoms with Gasteiger partial charge in [-0.3, -0.25) is 4.79 Å². The number of carbonyl (C=O) groups is 2. The van der Waals surface area contributed by atoms with Gasteiger partial charge in [-0.05, 0) is 50.7 Å². The van der Waals surface area contributed by atoms with Crippen LogP contribution >= 0.6 is 23.1 Å². The van der Waals surface area contributed by atoms with E-state index in [1.165, 1.54) is 28.0 Å². The SMILES string of the molecule is CCOC(=O)c1c(NC(=O)[C@@H](CC)Sc2nnc3c4ccccc4n(C)c3n2)sc2c1CCCC2. The minimum atomic E-state index is -0.432. The number of nitrogens with one attached hydrogen (secondary N) is 1. The van der Waals surface area contributed by atoms with Crippen LogP contribution in [0.25, 0.3) is 22.1 Å². The van der Waals surface area contributed by atoms with Crippen LogP contribution in [0.15, 0.2) is 29.4 Å². The molecule has 1 aliphatic carbocycles. The number of rotatable bonds is 7. The van der Waals surface area contributed by atoms with Crippen molar-refractivity contribution in [3.8, 4) is 0 Å². The van der Waals surface area contributed by atoms with Gasteiger partial charge in [0, 0.05) is 17.3 Å². The molecular weight excluding hydrogens is 482 g/mol. The Hall–Kier alpha value is -2.98. The average molecular weight is 510 g/mol. The average Bonchev–Trinajstić information content (AvgIpc) is 3.37. The van der Waals surface area contributed by atoms with E-state index < -0.39 is 5.25 Å². The first kappa shape index (κ1) is 23.7. The Labute approximate surface area is 211 Å². The highest BCUT2D eigenvalue weighted by Crippen LogP contribution is 2.39. The van der Waals surface area contributed by atoms with Crippen LogP contribution in [0.1, 0.15) is 53.9 Å². The summed E-state index contributed by atoms with van der Waals surface area (Å²) in [6, 6.07) is 7.98. The monoisotopic (exact) mass is 509 g/mol. The molecule has 0 aliphatic heterocycles. The third-order valence-electron chi connectivity index (χ3n) is 6.29. The van der Waals surface area contributed by atoms with Crippen LogP contribution in [0.3, 0.4) is 0 Å². The van der Waals surface area contributed by atoms with Crippen LogP contribution in [-0.2, 0) is 29.4 Å². The summed E-state index contributed by atoms with van der Waals surface area (Å²) in [6.45, 7) is 4.04. The van der Waals surface area contributed by atoms with Crippen molar-refractivity contribution >= 4 is 62.0 Å². The zero-order chi connectivity index (χ0) is 24.5. The highest BCUT2D eigenvalue weighted by Gasteiger charge is 2.29. The van der Waals surface area contributed by atoms with Gasteiger partial charge in [-0.25, -0.2) is 9.78 Å². The third-order valence-corrected chi connectivity index (χ3v) is 8.71. The Morgan fingerprint density at radius 1 is 1.20 bits per heavy atom. The van der Waals surface area contributed by atoms with E-state index in [0.29, 0.717) is 28.7 Å². The van der Waals surface area contributed by atoms with Gasteiger partial charge in [0.05, 0.1) is 22.9 Å². The van der Waals surface area contributed by atoms with Crippen molar-refractivity contribution in [1.29, 1.82) is 0 Å². The highest BCUT2D eigenvalue weighted by atomic mass is 32.2. The van der Waals surface area contributed by atoms with Crippen LogP contribution in [0, 0.1) is 0 Å². The van der Waals surface area contributed by atoms with Gasteiger partial charge in [0.15, 0.2) is 5.65 Å². The molecule has 1 atom stereocenters. The van der Waals surface area contributed by atoms with Crippen LogP contribution < -0.4 is 5.32 Å². The smallest absolute Gasteiger partial charge is 0.341 e. The fourth-order valence-corrected chi connectivity index (χ4v) is 6.65. The van der Waals surface area contributed by atoms with Gasteiger partial charge in [-0.1, -0.05) is 36.9 Å². The standard InChI is InChI=1S/C25H27N5O3S2/c1-4-17(35-25-26-21-20(28-29-25)14-10-6-8-12-16(14)30(21)3)22(31)27-23-19(24(32)33-5-2)15-11-7-9-13-18(15)34-23/h6,8,10,12,17H,4-5,7,9,11,13H2,1-3H3,(H,27,31)/t17-/m1/s1. The number of fused-ring (bicyclic) bond motifs is 4. The van der Waals surface area contributed by atoms with Crippen LogP contribution in [0.5, 0.6) is 0 Å². The molecule has 0 spiro atoms. The largest absolute Gasteiger partial charge is 0.462 e. The van der Waals surface area contributed by atoms with Crippen molar-refractivity contribution in [3.63, 3.8) is 0 Å². The number of anilines is 1. The summed E-state index contributed by atoms with van der Waals surface area (Å²) in [5, 5.41) is 13.3. The van der Waals surface area contributed by atoms with E-state index in [-0.39, 0.29) is 11.9 Å². The van der Waals surface area contributed by atoms with E-state index in [1.807, 2.05) is 42.8 Å². The van der Waals surface area contributed by atoms with Crippen LogP contribution in [-0.4, -0.2) is 43.5 Å². The lowest BCUT2D eigenvalue weighted by Gasteiger charge is -2.14. The maximum Gasteiger partial charge on any atom is 0.341 e. The summed E-state index contributed by atoms with van der Waals surface area (Å²) in [7, 11) is 1.95. The molecule has 0 fully saturated rings. The molecule has 8 nitrogen and oxygen atoms in total. The van der Waals surface area contributed by atoms with E-state index in [2.05, 4.69) is 15.5 Å². The van der Waals surface area contributed by atoms with Crippen molar-refractivity contribution in [3.05, 3.63) is 40.3 Å². The summed E-state index contributed by atoms with van der Waals surface area (Å²) < 4.78 is 7.31. The Balaban J connectivity index is 1.40. The molecule has 182 valence electrons. The van der Waals surface area contributed by atoms with Gasteiger partial charge in [0.2, 0.25) is 11.1 Å². The second-order valence-electron chi connectivity index (χ2n) is 8.48. The van der Waals surface area contributed by atoms with Gasteiger partial charge in [0.1, 0.15) is 10.5 Å². The number of aryl methyl sites for hydroxylation is 2. The van der Waals surface area contributed by atoms with Crippen molar-refractivity contribution in [2.75, 3.05) is 11.9 Å². The normalized spacial score (nSPS) is 14.1. The lowest BCUT2D eigenvalue weighted by molar-refractivity contribution is -0.115. The number of esters is 1. The number of hydrogen-bond acceptors (Lipinski definition) is 8. The molecule has 1 amide bonds. The number of nitrogens with zero attached hydrogens (tertiary/aromatic N) is 4. The molecule has 35 heavy (non-hydrogen) atoms. The summed E-state index contributed by atoms with van der Waals surface area (Å²) in [4.78, 5) is 31.9. The molecule has 3 heterocycles. The fourth-order valence-electron chi connectivity index (χ4n) is 4.56. The van der Waals surface area contributed by atoms with Gasteiger partial charge in [-0.15, -0.1) is 21.5 Å². The van der Waals surface area contributed by atoms with Gasteiger partial charge >= 0.3 is 5.97 Å². The minimum Gasteiger partial charge on any atom is -0.462 e. The number of hydrogen-bond donors (Lipinski definition) is 1. The summed E-state index contributed by atoms with van der Waals surface area (Å²) in [5.41, 5.74) is 4.06. The van der Waals surface area contributed by atoms with Crippen molar-refractivity contribution in [2.45, 2.75) is 56.4 Å². The van der Waals surface area contributed by atoms with E-state index >= 15 is 0 Å². The number of carbonyl (C=O) groups excluding carboxylic acids is 2. The number of thiophene rings is 1. The first-order valence-corrected chi connectivity index (χ1v) is 13.6. The Morgan fingerprint density at radius 3 is 2.80 bits per heavy atom. The minimum absolute atomic E-state index is 0.178. The predicted molar refractivity (Wildman–Crippen MR) is 139 cm³/mol. The number of para-hydroxylation sites is 1. The number of ether oxygens (including phenoxy) is 1. The molecule has 5 rings (SSSR count). The molecule has 4 aromatic rings. The van der Waals surface area contributed by atoms with E-state index in [0.717, 1.165) is 53.3 Å². The topological polar surface area (TPSA) is 99.0 Å². The molecule has 0 unspecified atom stereocenters. The zero-order valence-electron chi connectivity index (χ0n) is 20.0. The van der Waals surface area contributed by atoms with E-state index in [1.54, 1.807) is 6.92 Å². The Kier molecular flexibility index (Phi) is 6.75. The number of aromatic nitrogens is 4. The van der Waals surface area contributed by atoms with Crippen LogP contribution in [0.2, 0.25) is 0 Å². The molecule has 10 heteroatoms. The Bertz CT molecular complexity index is 1430. The molecule has 3 aromatic heterocycles. The zero-order valence-corrected chi connectivity index (χ0v) is 21.6. The molecule has 0 saturated carbocycles. The summed E-state index contributed by atoms with van der Waals surface area (Å²) in [6.07, 6.45) is 4.48. The highest BCUT2D eigenvalue weighted by molar-refractivity contribution is 8.00. The number of thioether (sulfide) groups is 1. The van der Waals surface area contributed by atoms with Crippen molar-refractivity contribution in [1.82, 2.24) is 19.7 Å². The molecule has 0 saturated heterocycles. The number of benzene rings is 1. The molecule has 0 radical (unpaired) electrons. The van der Waals surface area contributed by atoms with Gasteiger partial charge in [-0.2, -0.15) is 0 Å². The number of amides is 1. The molecular formula is C25H27N5O3S2. The van der Waals surface area contributed by atoms with Crippen molar-refractivity contribution < 1.29 is 14.3 Å². The summed E-state index contributed by atoms with van der Waals surface area (Å²) >= 11 is 2.78. The van der Waals surface area contributed by atoms with E-state index in [4.69, 9.17) is 9.72 Å². The quantitative estimate of drug-likeness (QED) is 0.272. The molecule has 1 aromatic carbocycles. The van der Waals surface area contributed by atoms with E-state index in [9.17, 15) is 9.59 Å².